The smallest absolute Gasteiger partial charge is 0.213 e. The fourth-order valence-electron chi connectivity index (χ4n) is 3.07. The Morgan fingerprint density at radius 2 is 1.83 bits per heavy atom. The molecule has 1 atom stereocenters. The standard InChI is InChI=1S/C17H29N3O2S/c1-18(2)23(21,22)11-7-10-19(3)14-17-12-15-8-5-6-9-16(15)13-20(17)4/h5-6,8-9,17H,7,10-14H2,1-4H3. The van der Waals surface area contributed by atoms with Gasteiger partial charge in [0.25, 0.3) is 0 Å². The van der Waals surface area contributed by atoms with E-state index in [1.807, 2.05) is 0 Å². The SMILES string of the molecule is CN(CCCS(=O)(=O)N(C)C)CC1Cc2ccccc2CN1C. The summed E-state index contributed by atoms with van der Waals surface area (Å²) >= 11 is 0. The maximum absolute atomic E-state index is 11.8. The van der Waals surface area contributed by atoms with Crippen molar-refractivity contribution < 1.29 is 8.42 Å². The highest BCUT2D eigenvalue weighted by atomic mass is 32.2. The Bertz CT molecular complexity index is 616. The van der Waals surface area contributed by atoms with Crippen LogP contribution in [-0.4, -0.2) is 75.6 Å². The molecule has 1 aromatic carbocycles. The van der Waals surface area contributed by atoms with Crippen molar-refractivity contribution in [3.63, 3.8) is 0 Å². The number of benzene rings is 1. The molecule has 2 rings (SSSR count). The third-order valence-electron chi connectivity index (χ3n) is 4.64. The van der Waals surface area contributed by atoms with Crippen molar-refractivity contribution in [1.29, 1.82) is 0 Å². The molecule has 1 unspecified atom stereocenters. The van der Waals surface area contributed by atoms with Gasteiger partial charge in [0.05, 0.1) is 5.75 Å². The number of likely N-dealkylation sites (N-methyl/N-ethyl adjacent to an activating group) is 2. The second kappa shape index (κ2) is 7.75. The lowest BCUT2D eigenvalue weighted by Crippen LogP contribution is -2.45. The van der Waals surface area contributed by atoms with Gasteiger partial charge in [-0.1, -0.05) is 24.3 Å². The first-order valence-electron chi connectivity index (χ1n) is 8.15. The molecule has 1 heterocycles. The largest absolute Gasteiger partial charge is 0.305 e. The van der Waals surface area contributed by atoms with Crippen molar-refractivity contribution in [1.82, 2.24) is 14.1 Å². The summed E-state index contributed by atoms with van der Waals surface area (Å²) in [6.07, 6.45) is 1.73. The quantitative estimate of drug-likeness (QED) is 0.750. The lowest BCUT2D eigenvalue weighted by atomic mass is 9.94. The molecule has 1 aliphatic rings. The monoisotopic (exact) mass is 339 g/mol. The van der Waals surface area contributed by atoms with E-state index in [-0.39, 0.29) is 5.75 Å². The van der Waals surface area contributed by atoms with E-state index in [9.17, 15) is 8.42 Å². The molecule has 0 bridgehead atoms. The van der Waals surface area contributed by atoms with E-state index in [1.54, 1.807) is 14.1 Å². The van der Waals surface area contributed by atoms with Crippen LogP contribution in [0.4, 0.5) is 0 Å². The molecule has 5 nitrogen and oxygen atoms in total. The summed E-state index contributed by atoms with van der Waals surface area (Å²) in [6, 6.07) is 9.12. The van der Waals surface area contributed by atoms with Crippen LogP contribution in [0.3, 0.4) is 0 Å². The topological polar surface area (TPSA) is 43.9 Å². The maximum atomic E-state index is 11.8. The first-order chi connectivity index (χ1) is 10.8. The molecular weight excluding hydrogens is 310 g/mol. The molecule has 0 radical (unpaired) electrons. The fourth-order valence-corrected chi connectivity index (χ4v) is 3.93. The minimum Gasteiger partial charge on any atom is -0.305 e. The summed E-state index contributed by atoms with van der Waals surface area (Å²) < 4.78 is 24.9. The van der Waals surface area contributed by atoms with Gasteiger partial charge in [-0.15, -0.1) is 0 Å². The zero-order valence-electron chi connectivity index (χ0n) is 14.7. The second-order valence-electron chi connectivity index (χ2n) is 6.76. The molecule has 130 valence electrons. The predicted octanol–water partition coefficient (Wildman–Crippen LogP) is 1.26. The normalized spacial score (nSPS) is 19.3. The van der Waals surface area contributed by atoms with E-state index in [0.29, 0.717) is 12.5 Å². The average Bonchev–Trinajstić information content (AvgIpc) is 2.47. The van der Waals surface area contributed by atoms with E-state index in [1.165, 1.54) is 15.4 Å². The molecule has 0 aromatic heterocycles. The van der Waals surface area contributed by atoms with E-state index < -0.39 is 10.0 Å². The Kier molecular flexibility index (Phi) is 6.19. The highest BCUT2D eigenvalue weighted by molar-refractivity contribution is 7.89. The van der Waals surface area contributed by atoms with Crippen molar-refractivity contribution in [2.45, 2.75) is 25.4 Å². The minimum atomic E-state index is -3.08. The van der Waals surface area contributed by atoms with Crippen molar-refractivity contribution in [2.24, 2.45) is 0 Å². The van der Waals surface area contributed by atoms with Gasteiger partial charge in [-0.2, -0.15) is 0 Å². The second-order valence-corrected chi connectivity index (χ2v) is 9.06. The number of hydrogen-bond acceptors (Lipinski definition) is 4. The average molecular weight is 340 g/mol. The van der Waals surface area contributed by atoms with Crippen LogP contribution in [0.5, 0.6) is 0 Å². The molecule has 6 heteroatoms. The summed E-state index contributed by atoms with van der Waals surface area (Å²) in [5.74, 6) is 0.216. The third-order valence-corrected chi connectivity index (χ3v) is 6.56. The van der Waals surface area contributed by atoms with Gasteiger partial charge in [0.15, 0.2) is 0 Å². The minimum absolute atomic E-state index is 0.216. The summed E-state index contributed by atoms with van der Waals surface area (Å²) in [4.78, 5) is 4.65. The number of rotatable bonds is 7. The van der Waals surface area contributed by atoms with Crippen LogP contribution < -0.4 is 0 Å². The van der Waals surface area contributed by atoms with Crippen LogP contribution in [-0.2, 0) is 23.0 Å². The molecule has 0 N–H and O–H groups in total. The molecule has 23 heavy (non-hydrogen) atoms. The first-order valence-corrected chi connectivity index (χ1v) is 9.76. The third kappa shape index (κ3) is 5.01. The van der Waals surface area contributed by atoms with Gasteiger partial charge < -0.3 is 4.90 Å². The number of fused-ring (bicyclic) bond motifs is 1. The van der Waals surface area contributed by atoms with E-state index >= 15 is 0 Å². The van der Waals surface area contributed by atoms with Crippen molar-refractivity contribution in [3.8, 4) is 0 Å². The van der Waals surface area contributed by atoms with Gasteiger partial charge in [0.1, 0.15) is 0 Å². The summed E-state index contributed by atoms with van der Waals surface area (Å²) in [5, 5.41) is 0. The lowest BCUT2D eigenvalue weighted by Gasteiger charge is -2.36. The van der Waals surface area contributed by atoms with E-state index in [4.69, 9.17) is 0 Å². The van der Waals surface area contributed by atoms with E-state index in [2.05, 4.69) is 48.2 Å². The number of nitrogens with zero attached hydrogens (tertiary/aromatic N) is 3. The van der Waals surface area contributed by atoms with E-state index in [0.717, 1.165) is 26.1 Å². The fraction of sp³-hybridized carbons (Fsp3) is 0.647. The molecule has 1 aromatic rings. The molecule has 0 saturated carbocycles. The summed E-state index contributed by atoms with van der Waals surface area (Å²) in [5.41, 5.74) is 2.87. The van der Waals surface area contributed by atoms with Gasteiger partial charge in [-0.05, 0) is 44.6 Å². The zero-order valence-corrected chi connectivity index (χ0v) is 15.5. The number of hydrogen-bond donors (Lipinski definition) is 0. The molecular formula is C17H29N3O2S. The predicted molar refractivity (Wildman–Crippen MR) is 95.0 cm³/mol. The van der Waals surface area contributed by atoms with Gasteiger partial charge >= 0.3 is 0 Å². The Balaban J connectivity index is 1.83. The highest BCUT2D eigenvalue weighted by Gasteiger charge is 2.24. The summed E-state index contributed by atoms with van der Waals surface area (Å²) in [7, 11) is 4.35. The molecule has 0 spiro atoms. The van der Waals surface area contributed by atoms with Crippen LogP contribution in [0, 0.1) is 0 Å². The van der Waals surface area contributed by atoms with Crippen molar-refractivity contribution in [3.05, 3.63) is 35.4 Å². The Morgan fingerprint density at radius 3 is 2.48 bits per heavy atom. The first kappa shape index (κ1) is 18.4. The van der Waals surface area contributed by atoms with Crippen molar-refractivity contribution in [2.75, 3.05) is 47.0 Å². The van der Waals surface area contributed by atoms with Crippen LogP contribution >= 0.6 is 0 Å². The zero-order chi connectivity index (χ0) is 17.0. The van der Waals surface area contributed by atoms with Crippen LogP contribution in [0.15, 0.2) is 24.3 Å². The molecule has 1 aliphatic heterocycles. The van der Waals surface area contributed by atoms with Crippen LogP contribution in [0.25, 0.3) is 0 Å². The number of sulfonamides is 1. The van der Waals surface area contributed by atoms with Gasteiger partial charge in [-0.25, -0.2) is 12.7 Å². The van der Waals surface area contributed by atoms with Crippen molar-refractivity contribution >= 4 is 10.0 Å². The van der Waals surface area contributed by atoms with Crippen LogP contribution in [0.2, 0.25) is 0 Å². The Labute approximate surface area is 140 Å². The molecule has 0 saturated heterocycles. The molecule has 0 aliphatic carbocycles. The van der Waals surface area contributed by atoms with Gasteiger partial charge in [-0.3, -0.25) is 4.90 Å². The van der Waals surface area contributed by atoms with Gasteiger partial charge in [0, 0.05) is 33.2 Å². The Hall–Kier alpha value is -0.950. The summed E-state index contributed by atoms with van der Waals surface area (Å²) in [6.45, 7) is 2.76. The Morgan fingerprint density at radius 1 is 1.17 bits per heavy atom. The van der Waals surface area contributed by atoms with Crippen LogP contribution in [0.1, 0.15) is 17.5 Å². The highest BCUT2D eigenvalue weighted by Crippen LogP contribution is 2.22. The lowest BCUT2D eigenvalue weighted by molar-refractivity contribution is 0.162. The maximum Gasteiger partial charge on any atom is 0.213 e. The molecule has 0 fully saturated rings. The van der Waals surface area contributed by atoms with Gasteiger partial charge in [0.2, 0.25) is 10.0 Å². The molecule has 0 amide bonds.